The quantitative estimate of drug-likeness (QED) is 0.856. The highest BCUT2D eigenvalue weighted by Gasteiger charge is 2.35. The minimum absolute atomic E-state index is 0.00000816. The number of nitrogens with one attached hydrogen (secondary N) is 2. The van der Waals surface area contributed by atoms with E-state index in [0.717, 1.165) is 6.42 Å². The Kier molecular flexibility index (Phi) is 4.75. The maximum Gasteiger partial charge on any atom is 0.451 e. The lowest BCUT2D eigenvalue weighted by Gasteiger charge is -2.14. The molecule has 0 saturated carbocycles. The van der Waals surface area contributed by atoms with Crippen LogP contribution < -0.4 is 10.6 Å². The Hall–Kier alpha value is -1.53. The largest absolute Gasteiger partial charge is 0.451 e. The molecular weight excluding hydrogens is 245 g/mol. The highest BCUT2D eigenvalue weighted by molar-refractivity contribution is 5.48. The van der Waals surface area contributed by atoms with Crippen molar-refractivity contribution in [1.29, 1.82) is 0 Å². The topological polar surface area (TPSA) is 49.8 Å². The van der Waals surface area contributed by atoms with Crippen molar-refractivity contribution < 1.29 is 13.2 Å². The fourth-order valence-electron chi connectivity index (χ4n) is 1.29. The number of anilines is 2. The van der Waals surface area contributed by atoms with Crippen LogP contribution in [0, 0.1) is 0 Å². The van der Waals surface area contributed by atoms with Crippen LogP contribution in [0.4, 0.5) is 24.8 Å². The van der Waals surface area contributed by atoms with Gasteiger partial charge in [-0.15, -0.1) is 0 Å². The summed E-state index contributed by atoms with van der Waals surface area (Å²) in [6.45, 7) is 6.14. The Balaban J connectivity index is 3.03. The van der Waals surface area contributed by atoms with Gasteiger partial charge in [-0.05, 0) is 20.3 Å². The standard InChI is InChI=1S/C11H17F3N4/c1-4-5-15-8-6-9(16-7(2)3)18-10(17-8)11(12,13)14/h6-7H,4-5H2,1-3H3,(H2,15,16,17,18). The van der Waals surface area contributed by atoms with Gasteiger partial charge in [-0.1, -0.05) is 6.92 Å². The number of aromatic nitrogens is 2. The summed E-state index contributed by atoms with van der Waals surface area (Å²) in [5, 5.41) is 5.67. The summed E-state index contributed by atoms with van der Waals surface area (Å²) in [4.78, 5) is 6.93. The van der Waals surface area contributed by atoms with Crippen LogP contribution in [0.3, 0.4) is 0 Å². The van der Waals surface area contributed by atoms with E-state index in [-0.39, 0.29) is 17.7 Å². The Morgan fingerprint density at radius 2 is 1.83 bits per heavy atom. The normalized spacial score (nSPS) is 11.7. The molecule has 2 N–H and O–H groups in total. The molecule has 0 bridgehead atoms. The average Bonchev–Trinajstić information content (AvgIpc) is 2.24. The van der Waals surface area contributed by atoms with Gasteiger partial charge in [0.05, 0.1) is 0 Å². The van der Waals surface area contributed by atoms with Crippen molar-refractivity contribution in [2.75, 3.05) is 17.2 Å². The number of alkyl halides is 3. The van der Waals surface area contributed by atoms with E-state index in [1.165, 1.54) is 6.07 Å². The van der Waals surface area contributed by atoms with Crippen molar-refractivity contribution in [3.8, 4) is 0 Å². The van der Waals surface area contributed by atoms with Gasteiger partial charge in [-0.3, -0.25) is 0 Å². The summed E-state index contributed by atoms with van der Waals surface area (Å²) < 4.78 is 37.9. The molecule has 1 aromatic heterocycles. The Labute approximate surface area is 104 Å². The first-order chi connectivity index (χ1) is 8.32. The van der Waals surface area contributed by atoms with Crippen LogP contribution in [-0.2, 0) is 6.18 Å². The zero-order valence-electron chi connectivity index (χ0n) is 10.6. The zero-order chi connectivity index (χ0) is 13.8. The Morgan fingerprint density at radius 3 is 2.33 bits per heavy atom. The fourth-order valence-corrected chi connectivity index (χ4v) is 1.29. The van der Waals surface area contributed by atoms with Crippen molar-refractivity contribution in [3.63, 3.8) is 0 Å². The van der Waals surface area contributed by atoms with Gasteiger partial charge < -0.3 is 10.6 Å². The molecule has 7 heteroatoms. The SMILES string of the molecule is CCCNc1cc(NC(C)C)nc(C(F)(F)F)n1. The third kappa shape index (κ3) is 4.38. The summed E-state index contributed by atoms with van der Waals surface area (Å²) in [5.74, 6) is -0.778. The van der Waals surface area contributed by atoms with E-state index in [0.29, 0.717) is 6.54 Å². The molecule has 0 aliphatic rings. The first kappa shape index (κ1) is 14.5. The Bertz CT molecular complexity index is 390. The lowest BCUT2D eigenvalue weighted by Crippen LogP contribution is -2.17. The molecule has 0 saturated heterocycles. The lowest BCUT2D eigenvalue weighted by molar-refractivity contribution is -0.144. The summed E-state index contributed by atoms with van der Waals surface area (Å²) >= 11 is 0. The highest BCUT2D eigenvalue weighted by Crippen LogP contribution is 2.28. The molecule has 1 heterocycles. The first-order valence-corrected chi connectivity index (χ1v) is 5.79. The minimum Gasteiger partial charge on any atom is -0.370 e. The summed E-state index contributed by atoms with van der Waals surface area (Å²) in [6, 6.07) is 1.48. The summed E-state index contributed by atoms with van der Waals surface area (Å²) in [5.41, 5.74) is 0. The Morgan fingerprint density at radius 1 is 1.22 bits per heavy atom. The van der Waals surface area contributed by atoms with Crippen LogP contribution in [0.15, 0.2) is 6.07 Å². The lowest BCUT2D eigenvalue weighted by atomic mass is 10.3. The van der Waals surface area contributed by atoms with Crippen LogP contribution in [0.5, 0.6) is 0 Å². The smallest absolute Gasteiger partial charge is 0.370 e. The average molecular weight is 262 g/mol. The van der Waals surface area contributed by atoms with Gasteiger partial charge in [0.1, 0.15) is 11.6 Å². The molecule has 18 heavy (non-hydrogen) atoms. The number of halogens is 3. The van der Waals surface area contributed by atoms with Crippen molar-refractivity contribution in [2.45, 2.75) is 39.4 Å². The second-order valence-corrected chi connectivity index (χ2v) is 4.19. The van der Waals surface area contributed by atoms with Gasteiger partial charge in [-0.2, -0.15) is 13.2 Å². The fraction of sp³-hybridized carbons (Fsp3) is 0.636. The van der Waals surface area contributed by atoms with E-state index in [9.17, 15) is 13.2 Å². The molecule has 0 unspecified atom stereocenters. The molecule has 102 valence electrons. The van der Waals surface area contributed by atoms with Gasteiger partial charge in [0.25, 0.3) is 0 Å². The monoisotopic (exact) mass is 262 g/mol. The molecule has 0 aliphatic heterocycles. The van der Waals surface area contributed by atoms with E-state index in [2.05, 4.69) is 20.6 Å². The van der Waals surface area contributed by atoms with Crippen molar-refractivity contribution in [3.05, 3.63) is 11.9 Å². The van der Waals surface area contributed by atoms with Crippen molar-refractivity contribution >= 4 is 11.6 Å². The van der Waals surface area contributed by atoms with Crippen molar-refractivity contribution in [2.24, 2.45) is 0 Å². The van der Waals surface area contributed by atoms with E-state index in [1.54, 1.807) is 0 Å². The second kappa shape index (κ2) is 5.88. The van der Waals surface area contributed by atoms with Crippen LogP contribution in [-0.4, -0.2) is 22.6 Å². The number of rotatable bonds is 5. The molecule has 4 nitrogen and oxygen atoms in total. The predicted octanol–water partition coefficient (Wildman–Crippen LogP) is 3.14. The maximum absolute atomic E-state index is 12.6. The van der Waals surface area contributed by atoms with Gasteiger partial charge in [0.15, 0.2) is 0 Å². The first-order valence-electron chi connectivity index (χ1n) is 5.79. The number of hydrogen-bond acceptors (Lipinski definition) is 4. The minimum atomic E-state index is -4.54. The molecule has 0 radical (unpaired) electrons. The molecule has 0 spiro atoms. The van der Waals surface area contributed by atoms with Crippen LogP contribution in [0.2, 0.25) is 0 Å². The molecule has 0 aliphatic carbocycles. The van der Waals surface area contributed by atoms with E-state index in [1.807, 2.05) is 20.8 Å². The van der Waals surface area contributed by atoms with Gasteiger partial charge in [0.2, 0.25) is 5.82 Å². The van der Waals surface area contributed by atoms with Gasteiger partial charge >= 0.3 is 6.18 Å². The third-order valence-corrected chi connectivity index (χ3v) is 1.97. The molecule has 0 fully saturated rings. The molecule has 1 aromatic rings. The summed E-state index contributed by atoms with van der Waals surface area (Å²) in [7, 11) is 0. The molecule has 1 rings (SSSR count). The number of nitrogens with zero attached hydrogens (tertiary/aromatic N) is 2. The van der Waals surface area contributed by atoms with E-state index < -0.39 is 12.0 Å². The predicted molar refractivity (Wildman–Crippen MR) is 64.6 cm³/mol. The van der Waals surface area contributed by atoms with Crippen LogP contribution >= 0.6 is 0 Å². The molecule has 0 amide bonds. The number of hydrogen-bond donors (Lipinski definition) is 2. The highest BCUT2D eigenvalue weighted by atomic mass is 19.4. The van der Waals surface area contributed by atoms with E-state index >= 15 is 0 Å². The molecule has 0 atom stereocenters. The van der Waals surface area contributed by atoms with Crippen molar-refractivity contribution in [1.82, 2.24) is 9.97 Å². The second-order valence-electron chi connectivity index (χ2n) is 4.19. The molecular formula is C11H17F3N4. The molecule has 0 aromatic carbocycles. The van der Waals surface area contributed by atoms with Crippen LogP contribution in [0.1, 0.15) is 33.0 Å². The van der Waals surface area contributed by atoms with E-state index in [4.69, 9.17) is 0 Å². The maximum atomic E-state index is 12.6. The van der Waals surface area contributed by atoms with Gasteiger partial charge in [0, 0.05) is 18.7 Å². The third-order valence-electron chi connectivity index (χ3n) is 1.97. The van der Waals surface area contributed by atoms with Gasteiger partial charge in [-0.25, -0.2) is 9.97 Å². The zero-order valence-corrected chi connectivity index (χ0v) is 10.6. The van der Waals surface area contributed by atoms with Crippen LogP contribution in [0.25, 0.3) is 0 Å². The summed E-state index contributed by atoms with van der Waals surface area (Å²) in [6.07, 6.45) is -3.74.